The van der Waals surface area contributed by atoms with E-state index in [-0.39, 0.29) is 5.91 Å². The topological polar surface area (TPSA) is 58.4 Å². The summed E-state index contributed by atoms with van der Waals surface area (Å²) in [6.45, 7) is 4.49. The molecule has 0 saturated carbocycles. The van der Waals surface area contributed by atoms with E-state index >= 15 is 0 Å². The van der Waals surface area contributed by atoms with E-state index in [2.05, 4.69) is 17.2 Å². The summed E-state index contributed by atoms with van der Waals surface area (Å²) >= 11 is 0. The first kappa shape index (κ1) is 13.5. The molecule has 1 amide bonds. The molecule has 1 rings (SSSR count). The third kappa shape index (κ3) is 4.49. The van der Waals surface area contributed by atoms with Gasteiger partial charge in [0.05, 0.1) is 0 Å². The first-order valence-corrected chi connectivity index (χ1v) is 6.51. The molecule has 1 heterocycles. The number of carbonyl (C=O) groups is 1. The lowest BCUT2D eigenvalue weighted by molar-refractivity contribution is -0.121. The monoisotopic (exact) mass is 227 g/mol. The highest BCUT2D eigenvalue weighted by atomic mass is 16.2. The number of carbonyl (C=O) groups excluding carboxylic acids is 1. The number of amides is 1. The Balaban J connectivity index is 2.24. The summed E-state index contributed by atoms with van der Waals surface area (Å²) in [4.78, 5) is 13.6. The fraction of sp³-hybridized carbons (Fsp3) is 0.917. The van der Waals surface area contributed by atoms with Crippen LogP contribution in [0.4, 0.5) is 0 Å². The normalized spacial score (nSPS) is 22.0. The van der Waals surface area contributed by atoms with E-state index in [0.29, 0.717) is 6.42 Å². The molecule has 1 aliphatic rings. The van der Waals surface area contributed by atoms with Gasteiger partial charge in [0, 0.05) is 12.5 Å². The molecule has 0 aromatic rings. The van der Waals surface area contributed by atoms with Crippen LogP contribution >= 0.6 is 0 Å². The van der Waals surface area contributed by atoms with Gasteiger partial charge in [-0.2, -0.15) is 0 Å². The van der Waals surface area contributed by atoms with Crippen LogP contribution in [-0.4, -0.2) is 29.9 Å². The van der Waals surface area contributed by atoms with Crippen molar-refractivity contribution in [3.05, 3.63) is 0 Å². The maximum atomic E-state index is 11.0. The van der Waals surface area contributed by atoms with Gasteiger partial charge in [0.25, 0.3) is 0 Å². The fourth-order valence-electron chi connectivity index (χ4n) is 2.53. The Kier molecular flexibility index (Phi) is 6.42. The van der Waals surface area contributed by atoms with E-state index in [1.807, 2.05) is 0 Å². The van der Waals surface area contributed by atoms with E-state index in [0.717, 1.165) is 19.0 Å². The predicted molar refractivity (Wildman–Crippen MR) is 65.7 cm³/mol. The molecule has 3 N–H and O–H groups in total. The number of hydrogen-bond donors (Lipinski definition) is 2. The molecular weight excluding hydrogens is 202 g/mol. The molecular formula is C12H25N3O. The van der Waals surface area contributed by atoms with Crippen molar-refractivity contribution in [1.82, 2.24) is 10.3 Å². The Bertz CT molecular complexity index is 206. The summed E-state index contributed by atoms with van der Waals surface area (Å²) in [5.74, 6) is 5.00. The summed E-state index contributed by atoms with van der Waals surface area (Å²) in [5, 5.41) is 0. The molecule has 4 heteroatoms. The Labute approximate surface area is 98.5 Å². The molecule has 1 unspecified atom stereocenters. The zero-order valence-corrected chi connectivity index (χ0v) is 10.4. The van der Waals surface area contributed by atoms with Crippen LogP contribution in [0.1, 0.15) is 51.9 Å². The van der Waals surface area contributed by atoms with Crippen molar-refractivity contribution in [3.63, 3.8) is 0 Å². The summed E-state index contributed by atoms with van der Waals surface area (Å²) < 4.78 is 0. The number of hydrazine groups is 1. The second kappa shape index (κ2) is 7.63. The number of nitrogens with zero attached hydrogens (tertiary/aromatic N) is 1. The minimum atomic E-state index is -0.0518. The predicted octanol–water partition coefficient (Wildman–Crippen LogP) is 1.41. The van der Waals surface area contributed by atoms with Gasteiger partial charge in [-0.05, 0) is 38.8 Å². The number of nitrogens with one attached hydrogen (secondary N) is 1. The van der Waals surface area contributed by atoms with E-state index in [4.69, 9.17) is 5.84 Å². The van der Waals surface area contributed by atoms with Crippen molar-refractivity contribution in [2.24, 2.45) is 5.84 Å². The van der Waals surface area contributed by atoms with Crippen molar-refractivity contribution >= 4 is 5.91 Å². The molecule has 1 saturated heterocycles. The Hall–Kier alpha value is -0.610. The van der Waals surface area contributed by atoms with Crippen molar-refractivity contribution in [3.8, 4) is 0 Å². The minimum Gasteiger partial charge on any atom is -0.300 e. The second-order valence-electron chi connectivity index (χ2n) is 4.65. The van der Waals surface area contributed by atoms with Crippen molar-refractivity contribution in [2.75, 3.05) is 13.1 Å². The van der Waals surface area contributed by atoms with Gasteiger partial charge in [0.1, 0.15) is 0 Å². The highest BCUT2D eigenvalue weighted by Crippen LogP contribution is 2.20. The molecule has 1 aliphatic heterocycles. The lowest BCUT2D eigenvalue weighted by Gasteiger charge is -2.35. The van der Waals surface area contributed by atoms with Gasteiger partial charge < -0.3 is 4.90 Å². The van der Waals surface area contributed by atoms with Gasteiger partial charge >= 0.3 is 0 Å². The number of hydrogen-bond acceptors (Lipinski definition) is 3. The van der Waals surface area contributed by atoms with Gasteiger partial charge in [-0.3, -0.25) is 10.2 Å². The first-order chi connectivity index (χ1) is 7.77. The Morgan fingerprint density at radius 3 is 3.00 bits per heavy atom. The van der Waals surface area contributed by atoms with Gasteiger partial charge in [-0.1, -0.05) is 19.8 Å². The summed E-state index contributed by atoms with van der Waals surface area (Å²) in [7, 11) is 0. The molecule has 4 nitrogen and oxygen atoms in total. The van der Waals surface area contributed by atoms with Crippen LogP contribution in [0, 0.1) is 0 Å². The summed E-state index contributed by atoms with van der Waals surface area (Å²) in [6.07, 6.45) is 8.02. The Morgan fingerprint density at radius 2 is 2.31 bits per heavy atom. The van der Waals surface area contributed by atoms with E-state index in [1.165, 1.54) is 38.6 Å². The quantitative estimate of drug-likeness (QED) is 0.410. The van der Waals surface area contributed by atoms with Crippen molar-refractivity contribution in [2.45, 2.75) is 57.9 Å². The second-order valence-corrected chi connectivity index (χ2v) is 4.65. The average molecular weight is 227 g/mol. The molecule has 0 aliphatic carbocycles. The lowest BCUT2D eigenvalue weighted by Crippen LogP contribution is -2.40. The van der Waals surface area contributed by atoms with Crippen LogP contribution in [0.25, 0.3) is 0 Å². The van der Waals surface area contributed by atoms with E-state index in [1.54, 1.807) is 0 Å². The minimum absolute atomic E-state index is 0.0518. The van der Waals surface area contributed by atoms with Gasteiger partial charge in [-0.25, -0.2) is 5.84 Å². The number of likely N-dealkylation sites (tertiary alicyclic amines) is 1. The lowest BCUT2D eigenvalue weighted by atomic mass is 9.98. The zero-order valence-electron chi connectivity index (χ0n) is 10.4. The molecule has 94 valence electrons. The van der Waals surface area contributed by atoms with Crippen LogP contribution in [0.5, 0.6) is 0 Å². The highest BCUT2D eigenvalue weighted by Gasteiger charge is 2.20. The van der Waals surface area contributed by atoms with E-state index < -0.39 is 0 Å². The standard InChI is InChI=1S/C12H25N3O/c1-2-6-11-7-3-4-9-15(11)10-5-8-12(16)14-13/h11H,2-10,13H2,1H3,(H,14,16). The zero-order chi connectivity index (χ0) is 11.8. The third-order valence-electron chi connectivity index (χ3n) is 3.38. The van der Waals surface area contributed by atoms with Crippen LogP contribution in [0.3, 0.4) is 0 Å². The maximum absolute atomic E-state index is 11.0. The van der Waals surface area contributed by atoms with E-state index in [9.17, 15) is 4.79 Å². The molecule has 16 heavy (non-hydrogen) atoms. The molecule has 0 spiro atoms. The number of rotatable bonds is 6. The van der Waals surface area contributed by atoms with Crippen LogP contribution in [-0.2, 0) is 4.79 Å². The van der Waals surface area contributed by atoms with Gasteiger partial charge in [0.15, 0.2) is 0 Å². The van der Waals surface area contributed by atoms with Crippen LogP contribution < -0.4 is 11.3 Å². The number of piperidine rings is 1. The third-order valence-corrected chi connectivity index (χ3v) is 3.38. The average Bonchev–Trinajstić information content (AvgIpc) is 2.31. The van der Waals surface area contributed by atoms with Crippen LogP contribution in [0.15, 0.2) is 0 Å². The fourth-order valence-corrected chi connectivity index (χ4v) is 2.53. The smallest absolute Gasteiger partial charge is 0.233 e. The van der Waals surface area contributed by atoms with Gasteiger partial charge in [0.2, 0.25) is 5.91 Å². The summed E-state index contributed by atoms with van der Waals surface area (Å²) in [5.41, 5.74) is 2.18. The Morgan fingerprint density at radius 1 is 1.50 bits per heavy atom. The molecule has 0 bridgehead atoms. The van der Waals surface area contributed by atoms with Gasteiger partial charge in [-0.15, -0.1) is 0 Å². The molecule has 1 atom stereocenters. The van der Waals surface area contributed by atoms with Crippen molar-refractivity contribution in [1.29, 1.82) is 0 Å². The molecule has 1 fully saturated rings. The SMILES string of the molecule is CCCC1CCCCN1CCCC(=O)NN. The number of nitrogens with two attached hydrogens (primary N) is 1. The maximum Gasteiger partial charge on any atom is 0.233 e. The molecule has 0 radical (unpaired) electrons. The van der Waals surface area contributed by atoms with Crippen LogP contribution in [0.2, 0.25) is 0 Å². The first-order valence-electron chi connectivity index (χ1n) is 6.51. The summed E-state index contributed by atoms with van der Waals surface area (Å²) in [6, 6.07) is 0.750. The van der Waals surface area contributed by atoms with Crippen molar-refractivity contribution < 1.29 is 4.79 Å². The molecule has 0 aromatic heterocycles. The molecule has 0 aromatic carbocycles. The largest absolute Gasteiger partial charge is 0.300 e. The highest BCUT2D eigenvalue weighted by molar-refractivity contribution is 5.75.